The molecule has 0 saturated carbocycles. The van der Waals surface area contributed by atoms with Gasteiger partial charge in [0.25, 0.3) is 5.69 Å². The number of nitrogens with zero attached hydrogens (tertiary/aromatic N) is 1. The van der Waals surface area contributed by atoms with E-state index in [1.807, 2.05) is 17.8 Å². The second-order valence-corrected chi connectivity index (χ2v) is 4.78. The molecule has 0 radical (unpaired) electrons. The van der Waals surface area contributed by atoms with Gasteiger partial charge in [-0.15, -0.1) is 0 Å². The number of nitrogens with one attached hydrogen (secondary N) is 1. The van der Waals surface area contributed by atoms with E-state index in [-0.39, 0.29) is 10.6 Å². The van der Waals surface area contributed by atoms with Gasteiger partial charge in [0.15, 0.2) is 0 Å². The fraction of sp³-hybridized carbons (Fsp3) is 0.455. The minimum Gasteiger partial charge on any atom is -0.384 e. The molecule has 0 heterocycles. The molecule has 1 aromatic rings. The van der Waals surface area contributed by atoms with Crippen molar-refractivity contribution >= 4 is 23.1 Å². The Balaban J connectivity index is 2.56. The molecule has 0 atom stereocenters. The maximum Gasteiger partial charge on any atom is 0.272 e. The first-order valence-electron chi connectivity index (χ1n) is 5.21. The van der Waals surface area contributed by atoms with E-state index in [0.29, 0.717) is 5.56 Å². The maximum atomic E-state index is 10.6. The number of aryl methyl sites for hydroxylation is 1. The highest BCUT2D eigenvalue weighted by Crippen LogP contribution is 2.21. The van der Waals surface area contributed by atoms with E-state index in [4.69, 9.17) is 0 Å². The van der Waals surface area contributed by atoms with Crippen LogP contribution in [0.2, 0.25) is 0 Å². The van der Waals surface area contributed by atoms with Gasteiger partial charge in [-0.3, -0.25) is 10.1 Å². The number of thioether (sulfide) groups is 1. The number of rotatable bonds is 6. The average Bonchev–Trinajstić information content (AvgIpc) is 2.24. The summed E-state index contributed by atoms with van der Waals surface area (Å²) < 4.78 is 0. The molecule has 0 aliphatic carbocycles. The Labute approximate surface area is 99.6 Å². The fourth-order valence-electron chi connectivity index (χ4n) is 1.38. The summed E-state index contributed by atoms with van der Waals surface area (Å²) in [5.74, 6) is 2.16. The highest BCUT2D eigenvalue weighted by atomic mass is 32.2. The normalized spacial score (nSPS) is 10.1. The molecule has 1 N–H and O–H groups in total. The zero-order chi connectivity index (χ0) is 12.0. The largest absolute Gasteiger partial charge is 0.384 e. The van der Waals surface area contributed by atoms with E-state index in [1.165, 1.54) is 0 Å². The number of benzene rings is 1. The highest BCUT2D eigenvalue weighted by Gasteiger charge is 2.09. The van der Waals surface area contributed by atoms with Crippen LogP contribution in [-0.4, -0.2) is 23.0 Å². The second-order valence-electron chi connectivity index (χ2n) is 3.38. The Hall–Kier alpha value is -1.23. The van der Waals surface area contributed by atoms with Gasteiger partial charge in [-0.2, -0.15) is 11.8 Å². The van der Waals surface area contributed by atoms with Crippen molar-refractivity contribution in [2.75, 3.05) is 23.4 Å². The zero-order valence-corrected chi connectivity index (χ0v) is 10.3. The van der Waals surface area contributed by atoms with Crippen LogP contribution >= 0.6 is 11.8 Å². The zero-order valence-electron chi connectivity index (χ0n) is 9.53. The van der Waals surface area contributed by atoms with Crippen LogP contribution in [0.25, 0.3) is 0 Å². The van der Waals surface area contributed by atoms with Gasteiger partial charge in [-0.05, 0) is 24.8 Å². The average molecular weight is 240 g/mol. The molecule has 0 saturated heterocycles. The van der Waals surface area contributed by atoms with Crippen LogP contribution in [0.1, 0.15) is 12.5 Å². The summed E-state index contributed by atoms with van der Waals surface area (Å²) in [7, 11) is 0. The first-order valence-corrected chi connectivity index (χ1v) is 6.37. The van der Waals surface area contributed by atoms with Gasteiger partial charge in [-0.1, -0.05) is 6.92 Å². The number of nitro groups is 1. The number of hydrogen-bond acceptors (Lipinski definition) is 4. The highest BCUT2D eigenvalue weighted by molar-refractivity contribution is 7.99. The first-order chi connectivity index (χ1) is 7.65. The summed E-state index contributed by atoms with van der Waals surface area (Å²) >= 11 is 1.87. The van der Waals surface area contributed by atoms with Crippen LogP contribution in [0.3, 0.4) is 0 Å². The molecule has 4 nitrogen and oxygen atoms in total. The van der Waals surface area contributed by atoms with E-state index in [9.17, 15) is 10.1 Å². The lowest BCUT2D eigenvalue weighted by molar-refractivity contribution is -0.385. The Morgan fingerprint density at radius 2 is 2.25 bits per heavy atom. The minimum atomic E-state index is -0.355. The maximum absolute atomic E-state index is 10.6. The van der Waals surface area contributed by atoms with Gasteiger partial charge in [-0.25, -0.2) is 0 Å². The standard InChI is InChI=1S/C11H16N2O2S/c1-3-16-7-6-12-10-4-5-11(13(14)15)9(2)8-10/h4-5,8,12H,3,6-7H2,1-2H3. The molecule has 88 valence electrons. The van der Waals surface area contributed by atoms with Crippen LogP contribution in [-0.2, 0) is 0 Å². The lowest BCUT2D eigenvalue weighted by Crippen LogP contribution is -2.04. The molecule has 0 fully saturated rings. The number of nitro benzene ring substituents is 1. The van der Waals surface area contributed by atoms with Crippen LogP contribution < -0.4 is 5.32 Å². The van der Waals surface area contributed by atoms with Crippen molar-refractivity contribution in [1.82, 2.24) is 0 Å². The Morgan fingerprint density at radius 1 is 1.50 bits per heavy atom. The van der Waals surface area contributed by atoms with Gasteiger partial charge < -0.3 is 5.32 Å². The van der Waals surface area contributed by atoms with Gasteiger partial charge in [0.05, 0.1) is 4.92 Å². The van der Waals surface area contributed by atoms with Crippen LogP contribution in [0.15, 0.2) is 18.2 Å². The van der Waals surface area contributed by atoms with Gasteiger partial charge in [0, 0.05) is 29.6 Å². The molecule has 1 aromatic carbocycles. The molecule has 0 aromatic heterocycles. The van der Waals surface area contributed by atoms with Crippen molar-refractivity contribution in [2.24, 2.45) is 0 Å². The van der Waals surface area contributed by atoms with E-state index < -0.39 is 0 Å². The molecule has 0 unspecified atom stereocenters. The molecular formula is C11H16N2O2S. The summed E-state index contributed by atoms with van der Waals surface area (Å²) in [6.07, 6.45) is 0. The number of anilines is 1. The Kier molecular flexibility index (Phi) is 5.11. The smallest absolute Gasteiger partial charge is 0.272 e. The van der Waals surface area contributed by atoms with Crippen molar-refractivity contribution in [3.8, 4) is 0 Å². The monoisotopic (exact) mass is 240 g/mol. The fourth-order valence-corrected chi connectivity index (χ4v) is 1.92. The number of hydrogen-bond donors (Lipinski definition) is 1. The van der Waals surface area contributed by atoms with Gasteiger partial charge in [0.1, 0.15) is 0 Å². The molecule has 0 spiro atoms. The van der Waals surface area contributed by atoms with E-state index in [0.717, 1.165) is 23.7 Å². The van der Waals surface area contributed by atoms with E-state index >= 15 is 0 Å². The molecule has 0 amide bonds. The predicted octanol–water partition coefficient (Wildman–Crippen LogP) is 3.07. The summed E-state index contributed by atoms with van der Waals surface area (Å²) in [6, 6.07) is 5.11. The van der Waals surface area contributed by atoms with Crippen LogP contribution in [0.5, 0.6) is 0 Å². The summed E-state index contributed by atoms with van der Waals surface area (Å²) in [6.45, 7) is 4.76. The molecule has 16 heavy (non-hydrogen) atoms. The van der Waals surface area contributed by atoms with Crippen LogP contribution in [0, 0.1) is 17.0 Å². The van der Waals surface area contributed by atoms with Crippen molar-refractivity contribution in [2.45, 2.75) is 13.8 Å². The molecule has 0 aliphatic rings. The minimum absolute atomic E-state index is 0.175. The summed E-state index contributed by atoms with van der Waals surface area (Å²) in [5.41, 5.74) is 1.81. The van der Waals surface area contributed by atoms with Crippen molar-refractivity contribution in [3.05, 3.63) is 33.9 Å². The lowest BCUT2D eigenvalue weighted by Gasteiger charge is -2.06. The van der Waals surface area contributed by atoms with Gasteiger partial charge >= 0.3 is 0 Å². The van der Waals surface area contributed by atoms with E-state index in [2.05, 4.69) is 12.2 Å². The van der Waals surface area contributed by atoms with Crippen LogP contribution in [0.4, 0.5) is 11.4 Å². The molecule has 5 heteroatoms. The molecule has 1 rings (SSSR count). The third kappa shape index (κ3) is 3.73. The topological polar surface area (TPSA) is 55.2 Å². The molecule has 0 aliphatic heterocycles. The Morgan fingerprint density at radius 3 is 2.81 bits per heavy atom. The van der Waals surface area contributed by atoms with Crippen molar-refractivity contribution in [3.63, 3.8) is 0 Å². The summed E-state index contributed by atoms with van der Waals surface area (Å²) in [5, 5.41) is 13.9. The third-order valence-electron chi connectivity index (χ3n) is 2.17. The summed E-state index contributed by atoms with van der Waals surface area (Å²) in [4.78, 5) is 10.3. The second kappa shape index (κ2) is 6.37. The van der Waals surface area contributed by atoms with Gasteiger partial charge in [0.2, 0.25) is 0 Å². The SMILES string of the molecule is CCSCCNc1ccc([N+](=O)[O-])c(C)c1. The quantitative estimate of drug-likeness (QED) is 0.471. The lowest BCUT2D eigenvalue weighted by atomic mass is 10.2. The Bertz CT molecular complexity index is 369. The molecule has 0 bridgehead atoms. The molecular weight excluding hydrogens is 224 g/mol. The van der Waals surface area contributed by atoms with E-state index in [1.54, 1.807) is 19.1 Å². The van der Waals surface area contributed by atoms with Crippen molar-refractivity contribution < 1.29 is 4.92 Å². The van der Waals surface area contributed by atoms with Crippen molar-refractivity contribution in [1.29, 1.82) is 0 Å². The predicted molar refractivity (Wildman–Crippen MR) is 69.3 cm³/mol. The first kappa shape index (κ1) is 12.8. The third-order valence-corrected chi connectivity index (χ3v) is 3.07.